The Balaban J connectivity index is 2.20. The number of rotatable bonds is 3. The van der Waals surface area contributed by atoms with Gasteiger partial charge < -0.3 is 5.11 Å². The standard InChI is InChI=1S/C10H11BrClNO/c11-8-5-13-9(12)3-7(8)4-10(6-14)1-2-10/h3,5,14H,1-2,4,6H2. The van der Waals surface area contributed by atoms with Crippen LogP contribution in [-0.4, -0.2) is 16.7 Å². The molecule has 0 aromatic carbocycles. The zero-order valence-electron chi connectivity index (χ0n) is 7.63. The second-order valence-electron chi connectivity index (χ2n) is 3.93. The van der Waals surface area contributed by atoms with Crippen molar-refractivity contribution in [1.29, 1.82) is 0 Å². The Kier molecular flexibility index (Phi) is 2.82. The first-order chi connectivity index (χ1) is 6.65. The summed E-state index contributed by atoms with van der Waals surface area (Å²) in [7, 11) is 0. The fourth-order valence-corrected chi connectivity index (χ4v) is 2.10. The van der Waals surface area contributed by atoms with E-state index in [1.807, 2.05) is 6.07 Å². The summed E-state index contributed by atoms with van der Waals surface area (Å²) in [6.07, 6.45) is 4.81. The highest BCUT2D eigenvalue weighted by atomic mass is 79.9. The van der Waals surface area contributed by atoms with Crippen LogP contribution in [-0.2, 0) is 6.42 Å². The molecule has 0 saturated heterocycles. The molecule has 1 N–H and O–H groups in total. The van der Waals surface area contributed by atoms with Crippen molar-refractivity contribution in [3.05, 3.63) is 27.5 Å². The van der Waals surface area contributed by atoms with Crippen LogP contribution in [0.3, 0.4) is 0 Å². The predicted octanol–water partition coefficient (Wildman–Crippen LogP) is 2.81. The summed E-state index contributed by atoms with van der Waals surface area (Å²) in [5.74, 6) is 0. The Morgan fingerprint density at radius 2 is 2.29 bits per heavy atom. The number of aliphatic hydroxyl groups is 1. The van der Waals surface area contributed by atoms with Gasteiger partial charge in [0, 0.05) is 17.3 Å². The van der Waals surface area contributed by atoms with Gasteiger partial charge in [0.1, 0.15) is 5.15 Å². The van der Waals surface area contributed by atoms with Crippen LogP contribution in [0.5, 0.6) is 0 Å². The van der Waals surface area contributed by atoms with Crippen LogP contribution < -0.4 is 0 Å². The summed E-state index contributed by atoms with van der Waals surface area (Å²) in [5.41, 5.74) is 1.25. The molecule has 2 nitrogen and oxygen atoms in total. The van der Waals surface area contributed by atoms with E-state index in [1.165, 1.54) is 0 Å². The normalized spacial score (nSPS) is 18.2. The molecular formula is C10H11BrClNO. The molecule has 1 saturated carbocycles. The van der Waals surface area contributed by atoms with Gasteiger partial charge in [-0.2, -0.15) is 0 Å². The van der Waals surface area contributed by atoms with E-state index in [2.05, 4.69) is 20.9 Å². The number of hydrogen-bond acceptors (Lipinski definition) is 2. The van der Waals surface area contributed by atoms with Crippen LogP contribution >= 0.6 is 27.5 Å². The molecule has 1 heterocycles. The van der Waals surface area contributed by atoms with Crippen LogP contribution in [0.25, 0.3) is 0 Å². The van der Waals surface area contributed by atoms with Gasteiger partial charge in [-0.05, 0) is 52.2 Å². The van der Waals surface area contributed by atoms with Crippen molar-refractivity contribution in [2.24, 2.45) is 5.41 Å². The number of aromatic nitrogens is 1. The summed E-state index contributed by atoms with van der Waals surface area (Å²) in [6, 6.07) is 1.86. The van der Waals surface area contributed by atoms with Gasteiger partial charge in [0.25, 0.3) is 0 Å². The number of nitrogens with zero attached hydrogens (tertiary/aromatic N) is 1. The smallest absolute Gasteiger partial charge is 0.129 e. The van der Waals surface area contributed by atoms with Crippen LogP contribution in [0, 0.1) is 5.41 Å². The number of hydrogen-bond donors (Lipinski definition) is 1. The van der Waals surface area contributed by atoms with Gasteiger partial charge in [0.15, 0.2) is 0 Å². The van der Waals surface area contributed by atoms with Gasteiger partial charge in [-0.15, -0.1) is 0 Å². The molecule has 2 rings (SSSR count). The highest BCUT2D eigenvalue weighted by Crippen LogP contribution is 2.48. The van der Waals surface area contributed by atoms with E-state index in [-0.39, 0.29) is 12.0 Å². The summed E-state index contributed by atoms with van der Waals surface area (Å²) < 4.78 is 0.974. The quantitative estimate of drug-likeness (QED) is 0.861. The SMILES string of the molecule is OCC1(Cc2cc(Cl)ncc2Br)CC1. The molecule has 0 unspecified atom stereocenters. The van der Waals surface area contributed by atoms with Crippen molar-refractivity contribution < 1.29 is 5.11 Å². The highest BCUT2D eigenvalue weighted by Gasteiger charge is 2.42. The molecule has 0 spiro atoms. The first kappa shape index (κ1) is 10.4. The number of pyridine rings is 1. The molecule has 1 fully saturated rings. The average Bonchev–Trinajstić information content (AvgIpc) is 2.92. The van der Waals surface area contributed by atoms with Crippen molar-refractivity contribution in [1.82, 2.24) is 4.98 Å². The monoisotopic (exact) mass is 275 g/mol. The average molecular weight is 277 g/mol. The van der Waals surface area contributed by atoms with E-state index in [4.69, 9.17) is 11.6 Å². The summed E-state index contributed by atoms with van der Waals surface area (Å²) in [5, 5.41) is 9.73. The van der Waals surface area contributed by atoms with Crippen LogP contribution in [0.2, 0.25) is 5.15 Å². The summed E-state index contributed by atoms with van der Waals surface area (Å²) >= 11 is 9.25. The molecule has 0 aliphatic heterocycles. The lowest BCUT2D eigenvalue weighted by Gasteiger charge is -2.12. The molecule has 0 amide bonds. The van der Waals surface area contributed by atoms with Gasteiger partial charge in [-0.25, -0.2) is 4.98 Å². The molecule has 0 atom stereocenters. The maximum Gasteiger partial charge on any atom is 0.129 e. The van der Waals surface area contributed by atoms with E-state index < -0.39 is 0 Å². The molecule has 1 aliphatic carbocycles. The van der Waals surface area contributed by atoms with Crippen molar-refractivity contribution in [2.45, 2.75) is 19.3 Å². The highest BCUT2D eigenvalue weighted by molar-refractivity contribution is 9.10. The lowest BCUT2D eigenvalue weighted by Crippen LogP contribution is -2.10. The van der Waals surface area contributed by atoms with Crippen LogP contribution in [0.1, 0.15) is 18.4 Å². The van der Waals surface area contributed by atoms with E-state index in [0.717, 1.165) is 29.3 Å². The molecule has 1 aliphatic rings. The fraction of sp³-hybridized carbons (Fsp3) is 0.500. The molecule has 4 heteroatoms. The van der Waals surface area contributed by atoms with Gasteiger partial charge >= 0.3 is 0 Å². The van der Waals surface area contributed by atoms with Crippen molar-refractivity contribution in [3.63, 3.8) is 0 Å². The third kappa shape index (κ3) is 2.10. The van der Waals surface area contributed by atoms with E-state index in [1.54, 1.807) is 6.20 Å². The second kappa shape index (κ2) is 3.80. The van der Waals surface area contributed by atoms with Gasteiger partial charge in [0.2, 0.25) is 0 Å². The molecular weight excluding hydrogens is 265 g/mol. The molecule has 0 radical (unpaired) electrons. The van der Waals surface area contributed by atoms with Gasteiger partial charge in [-0.1, -0.05) is 11.6 Å². The van der Waals surface area contributed by atoms with E-state index >= 15 is 0 Å². The maximum atomic E-state index is 9.21. The maximum absolute atomic E-state index is 9.21. The van der Waals surface area contributed by atoms with Gasteiger partial charge in [-0.3, -0.25) is 0 Å². The summed E-state index contributed by atoms with van der Waals surface area (Å²) in [4.78, 5) is 3.97. The van der Waals surface area contributed by atoms with Crippen LogP contribution in [0.15, 0.2) is 16.7 Å². The minimum absolute atomic E-state index is 0.118. The Labute approximate surface area is 96.4 Å². The van der Waals surface area contributed by atoms with Crippen molar-refractivity contribution in [2.75, 3.05) is 6.61 Å². The Hall–Kier alpha value is -0.120. The van der Waals surface area contributed by atoms with E-state index in [9.17, 15) is 5.11 Å². The topological polar surface area (TPSA) is 33.1 Å². The first-order valence-corrected chi connectivity index (χ1v) is 5.73. The molecule has 0 bridgehead atoms. The largest absolute Gasteiger partial charge is 0.396 e. The number of aliphatic hydroxyl groups excluding tert-OH is 1. The Morgan fingerprint density at radius 3 is 2.86 bits per heavy atom. The van der Waals surface area contributed by atoms with Crippen LogP contribution in [0.4, 0.5) is 0 Å². The molecule has 1 aromatic rings. The van der Waals surface area contributed by atoms with Crippen molar-refractivity contribution in [3.8, 4) is 0 Å². The lowest BCUT2D eigenvalue weighted by molar-refractivity contribution is 0.211. The lowest BCUT2D eigenvalue weighted by atomic mass is 9.98. The zero-order valence-corrected chi connectivity index (χ0v) is 9.98. The number of halogens is 2. The van der Waals surface area contributed by atoms with Crippen molar-refractivity contribution >= 4 is 27.5 Å². The Morgan fingerprint density at radius 1 is 1.57 bits per heavy atom. The first-order valence-electron chi connectivity index (χ1n) is 4.56. The predicted molar refractivity (Wildman–Crippen MR) is 59.4 cm³/mol. The van der Waals surface area contributed by atoms with Gasteiger partial charge in [0.05, 0.1) is 0 Å². The third-order valence-electron chi connectivity index (χ3n) is 2.76. The molecule has 14 heavy (non-hydrogen) atoms. The molecule has 1 aromatic heterocycles. The Bertz CT molecular complexity index is 352. The fourth-order valence-electron chi connectivity index (χ4n) is 1.56. The second-order valence-corrected chi connectivity index (χ2v) is 5.17. The minimum Gasteiger partial charge on any atom is -0.396 e. The minimum atomic E-state index is 0.118. The molecule has 76 valence electrons. The zero-order chi connectivity index (χ0) is 10.2. The van der Waals surface area contributed by atoms with E-state index in [0.29, 0.717) is 5.15 Å². The summed E-state index contributed by atoms with van der Waals surface area (Å²) in [6.45, 7) is 0.263. The third-order valence-corrected chi connectivity index (χ3v) is 3.68.